The Bertz CT molecular complexity index is 921. The van der Waals surface area contributed by atoms with Crippen molar-refractivity contribution in [2.75, 3.05) is 5.09 Å². The maximum Gasteiger partial charge on any atom is 0.307 e. The van der Waals surface area contributed by atoms with Crippen molar-refractivity contribution in [2.45, 2.75) is 12.6 Å². The molecule has 1 aromatic heterocycles. The molecule has 124 valence electrons. The van der Waals surface area contributed by atoms with E-state index in [4.69, 9.17) is 5.11 Å². The number of carboxylic acids is 1. The minimum atomic E-state index is -3.74. The molecule has 1 atom stereocenters. The van der Waals surface area contributed by atoms with Gasteiger partial charge in [0.15, 0.2) is 0 Å². The standard InChI is InChI=1S/C17H17N2O4P/c20-16(21)10-14-13-8-4-5-9-15(13)18-17(14)19-24(22,23)11-12-6-2-1-3-7-12/h1-9,18H,10-11H2,(H,20,21)(H2,19,22,23). The van der Waals surface area contributed by atoms with Crippen molar-refractivity contribution in [3.8, 4) is 0 Å². The molecule has 0 aliphatic heterocycles. The highest BCUT2D eigenvalue weighted by Gasteiger charge is 2.23. The molecular weight excluding hydrogens is 327 g/mol. The first-order chi connectivity index (χ1) is 11.4. The van der Waals surface area contributed by atoms with Crippen LogP contribution >= 0.6 is 7.52 Å². The average Bonchev–Trinajstić information content (AvgIpc) is 2.84. The van der Waals surface area contributed by atoms with Crippen molar-refractivity contribution < 1.29 is 19.4 Å². The van der Waals surface area contributed by atoms with Crippen LogP contribution in [0.15, 0.2) is 54.6 Å². The molecule has 3 rings (SSSR count). The zero-order chi connectivity index (χ0) is 17.2. The molecule has 0 spiro atoms. The Morgan fingerprint density at radius 1 is 1.08 bits per heavy atom. The van der Waals surface area contributed by atoms with Crippen molar-refractivity contribution in [2.24, 2.45) is 0 Å². The van der Waals surface area contributed by atoms with Gasteiger partial charge in [0.1, 0.15) is 5.82 Å². The number of aromatic nitrogens is 1. The predicted molar refractivity (Wildman–Crippen MR) is 93.2 cm³/mol. The number of carboxylic acid groups (broad SMARTS) is 1. The largest absolute Gasteiger partial charge is 0.481 e. The molecule has 6 nitrogen and oxygen atoms in total. The molecule has 0 bridgehead atoms. The summed E-state index contributed by atoms with van der Waals surface area (Å²) in [6, 6.07) is 16.2. The van der Waals surface area contributed by atoms with E-state index >= 15 is 0 Å². The minimum absolute atomic E-state index is 0.0459. The second-order valence-electron chi connectivity index (χ2n) is 5.55. The van der Waals surface area contributed by atoms with Gasteiger partial charge in [0.25, 0.3) is 7.52 Å². The van der Waals surface area contributed by atoms with Crippen LogP contribution in [0.2, 0.25) is 0 Å². The average molecular weight is 344 g/mol. The third-order valence-electron chi connectivity index (χ3n) is 3.67. The van der Waals surface area contributed by atoms with E-state index in [1.807, 2.05) is 12.1 Å². The van der Waals surface area contributed by atoms with Crippen molar-refractivity contribution in [3.63, 3.8) is 0 Å². The molecular formula is C17H17N2O4P. The van der Waals surface area contributed by atoms with Gasteiger partial charge < -0.3 is 20.1 Å². The normalized spacial score (nSPS) is 13.5. The Kier molecular flexibility index (Phi) is 4.42. The van der Waals surface area contributed by atoms with Crippen LogP contribution in [0.3, 0.4) is 0 Å². The number of H-pyrrole nitrogens is 1. The smallest absolute Gasteiger partial charge is 0.307 e. The van der Waals surface area contributed by atoms with Crippen molar-refractivity contribution in [1.82, 2.24) is 4.98 Å². The molecule has 0 radical (unpaired) electrons. The molecule has 0 aliphatic rings. The lowest BCUT2D eigenvalue weighted by Crippen LogP contribution is -2.05. The third kappa shape index (κ3) is 3.67. The number of benzene rings is 2. The van der Waals surface area contributed by atoms with Gasteiger partial charge in [-0.1, -0.05) is 48.5 Å². The van der Waals surface area contributed by atoms with Crippen LogP contribution in [-0.2, 0) is 21.9 Å². The maximum absolute atomic E-state index is 12.5. The molecule has 0 saturated carbocycles. The van der Waals surface area contributed by atoms with Gasteiger partial charge in [-0.3, -0.25) is 9.36 Å². The highest BCUT2D eigenvalue weighted by molar-refractivity contribution is 7.58. The monoisotopic (exact) mass is 344 g/mol. The van der Waals surface area contributed by atoms with Gasteiger partial charge in [-0.25, -0.2) is 0 Å². The fraction of sp³-hybridized carbons (Fsp3) is 0.118. The second-order valence-corrected chi connectivity index (χ2v) is 7.49. The Morgan fingerprint density at radius 2 is 1.75 bits per heavy atom. The van der Waals surface area contributed by atoms with Crippen LogP contribution in [-0.4, -0.2) is 21.0 Å². The summed E-state index contributed by atoms with van der Waals surface area (Å²) in [5.41, 5.74) is 1.92. The number of hydrogen-bond acceptors (Lipinski definition) is 2. The van der Waals surface area contributed by atoms with E-state index in [2.05, 4.69) is 10.1 Å². The van der Waals surface area contributed by atoms with Crippen LogP contribution in [0.1, 0.15) is 11.1 Å². The van der Waals surface area contributed by atoms with E-state index in [1.165, 1.54) is 0 Å². The Hall–Kier alpha value is -2.56. The lowest BCUT2D eigenvalue weighted by molar-refractivity contribution is -0.136. The predicted octanol–water partition coefficient (Wildman–Crippen LogP) is 3.59. The first kappa shape index (κ1) is 16.3. The van der Waals surface area contributed by atoms with Gasteiger partial charge in [-0.05, 0) is 11.6 Å². The Balaban J connectivity index is 1.93. The van der Waals surface area contributed by atoms with Crippen molar-refractivity contribution in [1.29, 1.82) is 0 Å². The fourth-order valence-electron chi connectivity index (χ4n) is 2.68. The molecule has 0 amide bonds. The number of anilines is 1. The number of rotatable bonds is 6. The highest BCUT2D eigenvalue weighted by atomic mass is 31.2. The van der Waals surface area contributed by atoms with Crippen LogP contribution in [0.25, 0.3) is 10.9 Å². The second kappa shape index (κ2) is 6.51. The molecule has 0 fully saturated rings. The first-order valence-corrected chi connectivity index (χ1v) is 9.24. The molecule has 4 N–H and O–H groups in total. The number of hydrogen-bond donors (Lipinski definition) is 4. The summed E-state index contributed by atoms with van der Waals surface area (Å²) in [5, 5.41) is 12.5. The maximum atomic E-state index is 12.5. The van der Waals surface area contributed by atoms with Gasteiger partial charge in [0.05, 0.1) is 12.6 Å². The highest BCUT2D eigenvalue weighted by Crippen LogP contribution is 2.45. The summed E-state index contributed by atoms with van der Waals surface area (Å²) in [5.74, 6) is -0.723. The zero-order valence-electron chi connectivity index (χ0n) is 12.8. The van der Waals surface area contributed by atoms with E-state index in [1.54, 1.807) is 42.5 Å². The van der Waals surface area contributed by atoms with Crippen LogP contribution < -0.4 is 5.09 Å². The minimum Gasteiger partial charge on any atom is -0.481 e. The summed E-state index contributed by atoms with van der Waals surface area (Å²) in [7, 11) is -3.74. The zero-order valence-corrected chi connectivity index (χ0v) is 13.7. The van der Waals surface area contributed by atoms with E-state index in [0.717, 1.165) is 16.5 Å². The summed E-state index contributed by atoms with van der Waals surface area (Å²) in [6.07, 6.45) is -0.284. The summed E-state index contributed by atoms with van der Waals surface area (Å²) in [4.78, 5) is 24.4. The topological polar surface area (TPSA) is 102 Å². The SMILES string of the molecule is O=C(O)Cc1c(NP(=O)(O)Cc2ccccc2)[nH]c2ccccc12. The lowest BCUT2D eigenvalue weighted by Gasteiger charge is -2.14. The Labute approximate surface area is 138 Å². The van der Waals surface area contributed by atoms with Crippen LogP contribution in [0.4, 0.5) is 5.82 Å². The molecule has 7 heteroatoms. The third-order valence-corrected chi connectivity index (χ3v) is 5.03. The molecule has 1 unspecified atom stereocenters. The molecule has 0 aliphatic carbocycles. The molecule has 24 heavy (non-hydrogen) atoms. The van der Waals surface area contributed by atoms with Crippen molar-refractivity contribution in [3.05, 3.63) is 65.7 Å². The lowest BCUT2D eigenvalue weighted by atomic mass is 10.1. The number of carbonyl (C=O) groups is 1. The number of para-hydroxylation sites is 1. The molecule has 1 heterocycles. The van der Waals surface area contributed by atoms with Gasteiger partial charge in [-0.2, -0.15) is 0 Å². The van der Waals surface area contributed by atoms with E-state index in [0.29, 0.717) is 5.56 Å². The van der Waals surface area contributed by atoms with Crippen LogP contribution in [0.5, 0.6) is 0 Å². The van der Waals surface area contributed by atoms with Gasteiger partial charge in [-0.15, -0.1) is 0 Å². The number of aliphatic carboxylic acids is 1. The van der Waals surface area contributed by atoms with E-state index in [9.17, 15) is 14.3 Å². The number of aromatic amines is 1. The quantitative estimate of drug-likeness (QED) is 0.512. The fourth-order valence-corrected chi connectivity index (χ4v) is 4.00. The van der Waals surface area contributed by atoms with E-state index in [-0.39, 0.29) is 18.4 Å². The van der Waals surface area contributed by atoms with Crippen LogP contribution in [0, 0.1) is 0 Å². The van der Waals surface area contributed by atoms with Crippen molar-refractivity contribution >= 4 is 30.2 Å². The summed E-state index contributed by atoms with van der Waals surface area (Å²) in [6.45, 7) is 0. The molecule has 3 aromatic rings. The molecule has 2 aromatic carbocycles. The first-order valence-electron chi connectivity index (χ1n) is 7.40. The van der Waals surface area contributed by atoms with Gasteiger partial charge in [0.2, 0.25) is 0 Å². The van der Waals surface area contributed by atoms with Gasteiger partial charge in [0, 0.05) is 16.5 Å². The van der Waals surface area contributed by atoms with E-state index < -0.39 is 13.5 Å². The summed E-state index contributed by atoms with van der Waals surface area (Å²) < 4.78 is 12.5. The van der Waals surface area contributed by atoms with Gasteiger partial charge >= 0.3 is 5.97 Å². The molecule has 0 saturated heterocycles. The number of fused-ring (bicyclic) bond motifs is 1. The number of nitrogens with one attached hydrogen (secondary N) is 2. The Morgan fingerprint density at radius 3 is 2.46 bits per heavy atom. The summed E-state index contributed by atoms with van der Waals surface area (Å²) >= 11 is 0.